The molecule has 20 heavy (non-hydrogen) atoms. The van der Waals surface area contributed by atoms with Crippen molar-refractivity contribution in [3.63, 3.8) is 0 Å². The topological polar surface area (TPSA) is 28.2 Å². The predicted octanol–water partition coefficient (Wildman–Crippen LogP) is 3.77. The van der Waals surface area contributed by atoms with Crippen LogP contribution in [0.25, 0.3) is 0 Å². The lowest BCUT2D eigenvalue weighted by Crippen LogP contribution is -2.41. The molecule has 1 unspecified atom stereocenters. The molecule has 0 radical (unpaired) electrons. The molecule has 0 aromatic carbocycles. The molecule has 1 atom stereocenters. The lowest BCUT2D eigenvalue weighted by Gasteiger charge is -2.40. The quantitative estimate of drug-likeness (QED) is 0.886. The SMILES string of the molecule is CCCNC(C)c1cccnc1N1CCCC(C)(C)C1. The molecule has 1 aromatic rings. The number of anilines is 1. The number of hydrogen-bond donors (Lipinski definition) is 1. The van der Waals surface area contributed by atoms with E-state index in [1.807, 2.05) is 6.20 Å². The van der Waals surface area contributed by atoms with Gasteiger partial charge in [0.25, 0.3) is 0 Å². The van der Waals surface area contributed by atoms with Crippen LogP contribution in [0, 0.1) is 5.41 Å². The number of rotatable bonds is 5. The van der Waals surface area contributed by atoms with Crippen LogP contribution < -0.4 is 10.2 Å². The number of nitrogens with zero attached hydrogens (tertiary/aromatic N) is 2. The summed E-state index contributed by atoms with van der Waals surface area (Å²) in [6, 6.07) is 4.64. The van der Waals surface area contributed by atoms with E-state index in [-0.39, 0.29) is 0 Å². The van der Waals surface area contributed by atoms with Crippen molar-refractivity contribution in [3.8, 4) is 0 Å². The molecule has 0 spiro atoms. The van der Waals surface area contributed by atoms with Gasteiger partial charge in [0, 0.05) is 30.9 Å². The van der Waals surface area contributed by atoms with Crippen LogP contribution in [0.4, 0.5) is 5.82 Å². The second-order valence-electron chi connectivity index (χ2n) is 6.78. The third kappa shape index (κ3) is 3.72. The van der Waals surface area contributed by atoms with Crippen molar-refractivity contribution in [2.45, 2.75) is 53.0 Å². The molecule has 2 heterocycles. The van der Waals surface area contributed by atoms with E-state index in [2.05, 4.69) is 55.0 Å². The highest BCUT2D eigenvalue weighted by atomic mass is 15.2. The average Bonchev–Trinajstić information content (AvgIpc) is 2.43. The first-order chi connectivity index (χ1) is 9.53. The summed E-state index contributed by atoms with van der Waals surface area (Å²) in [6.45, 7) is 12.5. The summed E-state index contributed by atoms with van der Waals surface area (Å²) in [4.78, 5) is 7.16. The Balaban J connectivity index is 2.18. The molecule has 1 aliphatic rings. The molecule has 3 heteroatoms. The molecule has 1 saturated heterocycles. The van der Waals surface area contributed by atoms with Gasteiger partial charge in [-0.15, -0.1) is 0 Å². The highest BCUT2D eigenvalue weighted by molar-refractivity contribution is 5.49. The summed E-state index contributed by atoms with van der Waals surface area (Å²) in [5, 5.41) is 3.58. The predicted molar refractivity (Wildman–Crippen MR) is 86.2 cm³/mol. The zero-order valence-corrected chi connectivity index (χ0v) is 13.4. The molecule has 3 nitrogen and oxygen atoms in total. The molecule has 0 amide bonds. The summed E-state index contributed by atoms with van der Waals surface area (Å²) in [6.07, 6.45) is 5.67. The maximum atomic E-state index is 4.68. The first-order valence-electron chi connectivity index (χ1n) is 7.97. The van der Waals surface area contributed by atoms with Crippen LogP contribution in [-0.2, 0) is 0 Å². The number of hydrogen-bond acceptors (Lipinski definition) is 3. The molecule has 2 rings (SSSR count). The summed E-state index contributed by atoms with van der Waals surface area (Å²) in [5.74, 6) is 1.18. The van der Waals surface area contributed by atoms with Crippen LogP contribution in [0.2, 0.25) is 0 Å². The average molecular weight is 275 g/mol. The van der Waals surface area contributed by atoms with Gasteiger partial charge in [-0.2, -0.15) is 0 Å². The maximum Gasteiger partial charge on any atom is 0.133 e. The molecular formula is C17H29N3. The Morgan fingerprint density at radius 3 is 2.95 bits per heavy atom. The minimum absolute atomic E-state index is 0.365. The van der Waals surface area contributed by atoms with Gasteiger partial charge in [-0.25, -0.2) is 4.98 Å². The Bertz CT molecular complexity index is 428. The second-order valence-corrected chi connectivity index (χ2v) is 6.78. The molecule has 1 fully saturated rings. The number of aromatic nitrogens is 1. The zero-order valence-electron chi connectivity index (χ0n) is 13.4. The van der Waals surface area contributed by atoms with Crippen LogP contribution in [-0.4, -0.2) is 24.6 Å². The Kier molecular flexibility index (Phi) is 5.03. The third-order valence-electron chi connectivity index (χ3n) is 4.18. The molecular weight excluding hydrogens is 246 g/mol. The van der Waals surface area contributed by atoms with E-state index < -0.39 is 0 Å². The number of pyridine rings is 1. The standard InChI is InChI=1S/C17H29N3/c1-5-10-18-14(2)15-8-6-11-19-16(15)20-12-7-9-17(3,4)13-20/h6,8,11,14,18H,5,7,9-10,12-13H2,1-4H3. The van der Waals surface area contributed by atoms with E-state index >= 15 is 0 Å². The third-order valence-corrected chi connectivity index (χ3v) is 4.18. The van der Waals surface area contributed by atoms with Crippen LogP contribution in [0.1, 0.15) is 58.6 Å². The lowest BCUT2D eigenvalue weighted by molar-refractivity contribution is 0.291. The number of nitrogens with one attached hydrogen (secondary N) is 1. The summed E-state index contributed by atoms with van der Waals surface area (Å²) in [7, 11) is 0. The Hall–Kier alpha value is -1.09. The van der Waals surface area contributed by atoms with Gasteiger partial charge in [-0.1, -0.05) is 26.8 Å². The first-order valence-corrected chi connectivity index (χ1v) is 7.97. The van der Waals surface area contributed by atoms with Gasteiger partial charge in [-0.05, 0) is 44.2 Å². The van der Waals surface area contributed by atoms with E-state index in [0.29, 0.717) is 11.5 Å². The largest absolute Gasteiger partial charge is 0.356 e. The first kappa shape index (κ1) is 15.3. The summed E-state index contributed by atoms with van der Waals surface area (Å²) < 4.78 is 0. The van der Waals surface area contributed by atoms with Crippen LogP contribution in [0.3, 0.4) is 0 Å². The highest BCUT2D eigenvalue weighted by Gasteiger charge is 2.28. The monoisotopic (exact) mass is 275 g/mol. The van der Waals surface area contributed by atoms with Crippen molar-refractivity contribution in [3.05, 3.63) is 23.9 Å². The van der Waals surface area contributed by atoms with E-state index in [4.69, 9.17) is 0 Å². The van der Waals surface area contributed by atoms with Crippen molar-refractivity contribution >= 4 is 5.82 Å². The Morgan fingerprint density at radius 1 is 1.45 bits per heavy atom. The molecule has 0 bridgehead atoms. The number of piperidine rings is 1. The van der Waals surface area contributed by atoms with Gasteiger partial charge >= 0.3 is 0 Å². The van der Waals surface area contributed by atoms with Gasteiger partial charge in [0.2, 0.25) is 0 Å². The summed E-state index contributed by atoms with van der Waals surface area (Å²) in [5.41, 5.74) is 1.73. The second kappa shape index (κ2) is 6.57. The van der Waals surface area contributed by atoms with Crippen molar-refractivity contribution in [1.29, 1.82) is 0 Å². The minimum Gasteiger partial charge on any atom is -0.356 e. The van der Waals surface area contributed by atoms with Gasteiger partial charge in [0.05, 0.1) is 0 Å². The fourth-order valence-corrected chi connectivity index (χ4v) is 3.09. The van der Waals surface area contributed by atoms with Gasteiger partial charge in [0.1, 0.15) is 5.82 Å². The lowest BCUT2D eigenvalue weighted by atomic mass is 9.84. The zero-order chi connectivity index (χ0) is 14.6. The van der Waals surface area contributed by atoms with E-state index in [1.54, 1.807) is 0 Å². The fourth-order valence-electron chi connectivity index (χ4n) is 3.09. The van der Waals surface area contributed by atoms with Crippen molar-refractivity contribution in [2.75, 3.05) is 24.5 Å². The van der Waals surface area contributed by atoms with Gasteiger partial charge < -0.3 is 10.2 Å². The normalized spacial score (nSPS) is 19.9. The van der Waals surface area contributed by atoms with Crippen molar-refractivity contribution in [2.24, 2.45) is 5.41 Å². The van der Waals surface area contributed by atoms with E-state index in [1.165, 1.54) is 24.2 Å². The van der Waals surface area contributed by atoms with Crippen molar-refractivity contribution in [1.82, 2.24) is 10.3 Å². The fraction of sp³-hybridized carbons (Fsp3) is 0.706. The molecule has 0 saturated carbocycles. The maximum absolute atomic E-state index is 4.68. The highest BCUT2D eigenvalue weighted by Crippen LogP contribution is 2.33. The van der Waals surface area contributed by atoms with Crippen LogP contribution in [0.15, 0.2) is 18.3 Å². The molecule has 1 aromatic heterocycles. The molecule has 1 N–H and O–H groups in total. The van der Waals surface area contributed by atoms with Gasteiger partial charge in [0.15, 0.2) is 0 Å². The van der Waals surface area contributed by atoms with Crippen molar-refractivity contribution < 1.29 is 0 Å². The Labute approximate surface area is 123 Å². The van der Waals surface area contributed by atoms with Crippen LogP contribution >= 0.6 is 0 Å². The van der Waals surface area contributed by atoms with E-state index in [9.17, 15) is 0 Å². The van der Waals surface area contributed by atoms with Gasteiger partial charge in [-0.3, -0.25) is 0 Å². The molecule has 112 valence electrons. The smallest absolute Gasteiger partial charge is 0.133 e. The van der Waals surface area contributed by atoms with Crippen LogP contribution in [0.5, 0.6) is 0 Å². The molecule has 0 aliphatic carbocycles. The summed E-state index contributed by atoms with van der Waals surface area (Å²) >= 11 is 0. The molecule has 1 aliphatic heterocycles. The minimum atomic E-state index is 0.365. The van der Waals surface area contributed by atoms with E-state index in [0.717, 1.165) is 26.1 Å². The Morgan fingerprint density at radius 2 is 2.25 bits per heavy atom.